The predicted molar refractivity (Wildman–Crippen MR) is 75.6 cm³/mol. The summed E-state index contributed by atoms with van der Waals surface area (Å²) in [6.07, 6.45) is 4.93. The monoisotopic (exact) mass is 283 g/mol. The van der Waals surface area contributed by atoms with Gasteiger partial charge < -0.3 is 5.32 Å². The van der Waals surface area contributed by atoms with Gasteiger partial charge in [-0.25, -0.2) is 13.4 Å². The molecular weight excluding hydrogens is 262 g/mol. The molecule has 1 aromatic heterocycles. The molecule has 0 radical (unpaired) electrons. The van der Waals surface area contributed by atoms with E-state index < -0.39 is 10.0 Å². The summed E-state index contributed by atoms with van der Waals surface area (Å²) in [4.78, 5) is 4.35. The van der Waals surface area contributed by atoms with Crippen molar-refractivity contribution < 1.29 is 8.42 Å². The third-order valence-corrected chi connectivity index (χ3v) is 5.59. The van der Waals surface area contributed by atoms with E-state index in [0.29, 0.717) is 24.8 Å². The average Bonchev–Trinajstić information content (AvgIpc) is 2.37. The van der Waals surface area contributed by atoms with Gasteiger partial charge in [-0.2, -0.15) is 4.31 Å². The molecular formula is C13H21N3O2S. The number of aromatic nitrogens is 1. The molecule has 0 spiro atoms. The molecule has 0 aromatic carbocycles. The van der Waals surface area contributed by atoms with Crippen LogP contribution in [-0.4, -0.2) is 37.8 Å². The zero-order valence-corrected chi connectivity index (χ0v) is 12.3. The van der Waals surface area contributed by atoms with Gasteiger partial charge in [0.25, 0.3) is 0 Å². The van der Waals surface area contributed by atoms with Crippen LogP contribution >= 0.6 is 0 Å². The van der Waals surface area contributed by atoms with Crippen LogP contribution in [0, 0.1) is 5.92 Å². The molecule has 19 heavy (non-hydrogen) atoms. The van der Waals surface area contributed by atoms with Crippen LogP contribution in [0.5, 0.6) is 0 Å². The molecule has 0 atom stereocenters. The van der Waals surface area contributed by atoms with Gasteiger partial charge in [-0.05, 0) is 30.9 Å². The van der Waals surface area contributed by atoms with Crippen molar-refractivity contribution in [3.63, 3.8) is 0 Å². The Hall–Kier alpha value is -1.14. The maximum absolute atomic E-state index is 12.5. The molecule has 1 aliphatic rings. The maximum Gasteiger partial charge on any atom is 0.244 e. The third kappa shape index (κ3) is 3.06. The van der Waals surface area contributed by atoms with Crippen LogP contribution in [0.1, 0.15) is 26.2 Å². The molecule has 1 N–H and O–H groups in total. The Labute approximate surface area is 115 Å². The van der Waals surface area contributed by atoms with Crippen molar-refractivity contribution in [3.8, 4) is 0 Å². The first kappa shape index (κ1) is 14.3. The lowest BCUT2D eigenvalue weighted by atomic mass is 9.85. The van der Waals surface area contributed by atoms with Crippen molar-refractivity contribution in [3.05, 3.63) is 18.3 Å². The minimum atomic E-state index is -3.40. The second kappa shape index (κ2) is 5.88. The van der Waals surface area contributed by atoms with Crippen molar-refractivity contribution in [1.82, 2.24) is 9.29 Å². The first-order valence-electron chi connectivity index (χ1n) is 6.72. The van der Waals surface area contributed by atoms with E-state index in [1.54, 1.807) is 23.5 Å². The average molecular weight is 283 g/mol. The normalized spacial score (nSPS) is 16.4. The van der Waals surface area contributed by atoms with E-state index in [4.69, 9.17) is 0 Å². The molecule has 0 saturated heterocycles. The highest BCUT2D eigenvalue weighted by Gasteiger charge is 2.28. The molecule has 6 heteroatoms. The summed E-state index contributed by atoms with van der Waals surface area (Å²) in [7, 11) is -1.65. The topological polar surface area (TPSA) is 62.3 Å². The standard InChI is InChI=1S/C13H21N3O2S/c1-3-16(10-11-5-4-6-11)19(17,18)12-7-8-13(14-2)15-9-12/h7-9,11H,3-6,10H2,1-2H3,(H,14,15). The van der Waals surface area contributed by atoms with Crippen molar-refractivity contribution in [2.75, 3.05) is 25.5 Å². The molecule has 1 aliphatic carbocycles. The van der Waals surface area contributed by atoms with Gasteiger partial charge in [0.2, 0.25) is 10.0 Å². The van der Waals surface area contributed by atoms with Gasteiger partial charge in [-0.1, -0.05) is 13.3 Å². The van der Waals surface area contributed by atoms with Crippen LogP contribution in [0.2, 0.25) is 0 Å². The number of rotatable bonds is 6. The number of nitrogens with zero attached hydrogens (tertiary/aromatic N) is 2. The molecule has 1 fully saturated rings. The van der Waals surface area contributed by atoms with Crippen molar-refractivity contribution in [2.24, 2.45) is 5.92 Å². The van der Waals surface area contributed by atoms with Crippen molar-refractivity contribution in [1.29, 1.82) is 0 Å². The molecule has 1 heterocycles. The van der Waals surface area contributed by atoms with Crippen LogP contribution in [0.25, 0.3) is 0 Å². The van der Waals surface area contributed by atoms with E-state index in [-0.39, 0.29) is 4.90 Å². The van der Waals surface area contributed by atoms with E-state index in [2.05, 4.69) is 10.3 Å². The number of hydrogen-bond acceptors (Lipinski definition) is 4. The predicted octanol–water partition coefficient (Wildman–Crippen LogP) is 1.93. The Balaban J connectivity index is 2.17. The number of nitrogens with one attached hydrogen (secondary N) is 1. The minimum absolute atomic E-state index is 0.271. The van der Waals surface area contributed by atoms with Crippen LogP contribution < -0.4 is 5.32 Å². The Morgan fingerprint density at radius 1 is 1.42 bits per heavy atom. The number of anilines is 1. The lowest BCUT2D eigenvalue weighted by Crippen LogP contribution is -2.37. The molecule has 0 unspecified atom stereocenters. The van der Waals surface area contributed by atoms with Gasteiger partial charge in [0.15, 0.2) is 0 Å². The Bertz CT molecular complexity index is 509. The molecule has 2 rings (SSSR count). The quantitative estimate of drug-likeness (QED) is 0.866. The van der Waals surface area contributed by atoms with E-state index in [0.717, 1.165) is 12.8 Å². The molecule has 0 amide bonds. The zero-order chi connectivity index (χ0) is 13.9. The highest BCUT2D eigenvalue weighted by atomic mass is 32.2. The van der Waals surface area contributed by atoms with Crippen LogP contribution in [-0.2, 0) is 10.0 Å². The second-order valence-electron chi connectivity index (χ2n) is 4.88. The fourth-order valence-corrected chi connectivity index (χ4v) is 3.66. The highest BCUT2D eigenvalue weighted by molar-refractivity contribution is 7.89. The Kier molecular flexibility index (Phi) is 4.42. The fourth-order valence-electron chi connectivity index (χ4n) is 2.19. The summed E-state index contributed by atoms with van der Waals surface area (Å²) in [5, 5.41) is 2.88. The summed E-state index contributed by atoms with van der Waals surface area (Å²) < 4.78 is 26.6. The van der Waals surface area contributed by atoms with Crippen molar-refractivity contribution in [2.45, 2.75) is 31.1 Å². The molecule has 5 nitrogen and oxygen atoms in total. The lowest BCUT2D eigenvalue weighted by molar-refractivity contribution is 0.250. The van der Waals surface area contributed by atoms with E-state index in [1.165, 1.54) is 12.6 Å². The van der Waals surface area contributed by atoms with Gasteiger partial charge in [-0.15, -0.1) is 0 Å². The second-order valence-corrected chi connectivity index (χ2v) is 6.82. The first-order valence-corrected chi connectivity index (χ1v) is 8.16. The molecule has 1 saturated carbocycles. The van der Waals surface area contributed by atoms with Gasteiger partial charge in [0, 0.05) is 26.3 Å². The smallest absolute Gasteiger partial charge is 0.244 e. The van der Waals surface area contributed by atoms with Gasteiger partial charge in [0.05, 0.1) is 0 Å². The number of sulfonamides is 1. The summed E-state index contributed by atoms with van der Waals surface area (Å²) in [5.41, 5.74) is 0. The van der Waals surface area contributed by atoms with Gasteiger partial charge in [-0.3, -0.25) is 0 Å². The van der Waals surface area contributed by atoms with Gasteiger partial charge >= 0.3 is 0 Å². The summed E-state index contributed by atoms with van der Waals surface area (Å²) in [6, 6.07) is 3.29. The van der Waals surface area contributed by atoms with Gasteiger partial charge in [0.1, 0.15) is 10.7 Å². The SMILES string of the molecule is CCN(CC1CCC1)S(=O)(=O)c1ccc(NC)nc1. The fraction of sp³-hybridized carbons (Fsp3) is 0.615. The summed E-state index contributed by atoms with van der Waals surface area (Å²) in [6.45, 7) is 3.02. The maximum atomic E-state index is 12.5. The molecule has 106 valence electrons. The van der Waals surface area contributed by atoms with E-state index in [9.17, 15) is 8.42 Å². The van der Waals surface area contributed by atoms with Crippen LogP contribution in [0.4, 0.5) is 5.82 Å². The van der Waals surface area contributed by atoms with E-state index in [1.807, 2.05) is 6.92 Å². The van der Waals surface area contributed by atoms with Crippen molar-refractivity contribution >= 4 is 15.8 Å². The highest BCUT2D eigenvalue weighted by Crippen LogP contribution is 2.29. The Morgan fingerprint density at radius 3 is 2.58 bits per heavy atom. The van der Waals surface area contributed by atoms with E-state index >= 15 is 0 Å². The lowest BCUT2D eigenvalue weighted by Gasteiger charge is -2.31. The third-order valence-electron chi connectivity index (χ3n) is 3.67. The molecule has 1 aromatic rings. The minimum Gasteiger partial charge on any atom is -0.373 e. The largest absolute Gasteiger partial charge is 0.373 e. The number of pyridine rings is 1. The molecule has 0 aliphatic heterocycles. The number of hydrogen-bond donors (Lipinski definition) is 1. The van der Waals surface area contributed by atoms with Crippen LogP contribution in [0.3, 0.4) is 0 Å². The first-order chi connectivity index (χ1) is 9.07. The zero-order valence-electron chi connectivity index (χ0n) is 11.5. The summed E-state index contributed by atoms with van der Waals surface area (Å²) >= 11 is 0. The van der Waals surface area contributed by atoms with Crippen LogP contribution in [0.15, 0.2) is 23.2 Å². The summed E-state index contributed by atoms with van der Waals surface area (Å²) in [5.74, 6) is 1.19. The molecule has 0 bridgehead atoms. The Morgan fingerprint density at radius 2 is 2.16 bits per heavy atom.